The number of carbonyl (C=O) groups is 2. The average Bonchev–Trinajstić information content (AvgIpc) is 3.08. The first-order valence-electron chi connectivity index (χ1n) is 7.82. The van der Waals surface area contributed by atoms with E-state index in [1.165, 1.54) is 11.3 Å². The second-order valence-electron chi connectivity index (χ2n) is 6.52. The van der Waals surface area contributed by atoms with Gasteiger partial charge in [-0.2, -0.15) is 0 Å². The lowest BCUT2D eigenvalue weighted by atomic mass is 9.90. The summed E-state index contributed by atoms with van der Waals surface area (Å²) in [6, 6.07) is 3.82. The van der Waals surface area contributed by atoms with E-state index in [1.54, 1.807) is 13.8 Å². The Labute approximate surface area is 145 Å². The molecule has 3 N–H and O–H groups in total. The van der Waals surface area contributed by atoms with Crippen LogP contribution in [0.15, 0.2) is 21.9 Å². The number of nitrogens with two attached hydrogens (primary N) is 1. The van der Waals surface area contributed by atoms with Gasteiger partial charge in [0.15, 0.2) is 0 Å². The molecule has 0 fully saturated rings. The number of nitrogens with one attached hydrogen (secondary N) is 1. The van der Waals surface area contributed by atoms with Crippen molar-refractivity contribution < 1.29 is 14.0 Å². The molecule has 0 spiro atoms. The summed E-state index contributed by atoms with van der Waals surface area (Å²) < 4.78 is 5.63. The van der Waals surface area contributed by atoms with E-state index in [1.807, 2.05) is 31.4 Å². The normalized spacial score (nSPS) is 13.7. The van der Waals surface area contributed by atoms with Crippen molar-refractivity contribution in [3.63, 3.8) is 0 Å². The zero-order valence-electron chi connectivity index (χ0n) is 14.4. The molecule has 0 aromatic carbocycles. The van der Waals surface area contributed by atoms with Gasteiger partial charge in [-0.3, -0.25) is 9.59 Å². The predicted octanol–water partition coefficient (Wildman–Crippen LogP) is 2.66. The van der Waals surface area contributed by atoms with Crippen LogP contribution in [0.2, 0.25) is 0 Å². The fraction of sp³-hybridized carbons (Fsp3) is 0.471. The number of primary amides is 1. The molecule has 2 aromatic heterocycles. The van der Waals surface area contributed by atoms with E-state index in [0.717, 1.165) is 4.88 Å². The monoisotopic (exact) mass is 349 g/mol. The van der Waals surface area contributed by atoms with Crippen molar-refractivity contribution in [2.75, 3.05) is 0 Å². The molecule has 1 atom stereocenters. The van der Waals surface area contributed by atoms with E-state index in [2.05, 4.69) is 10.3 Å². The maximum Gasteiger partial charge on any atom is 0.242 e. The molecule has 0 aliphatic heterocycles. The van der Waals surface area contributed by atoms with Crippen LogP contribution in [-0.2, 0) is 16.0 Å². The number of thiophene rings is 1. The number of hydrogen-bond donors (Lipinski definition) is 2. The molecular weight excluding hydrogens is 326 g/mol. The van der Waals surface area contributed by atoms with E-state index in [9.17, 15) is 9.59 Å². The van der Waals surface area contributed by atoms with E-state index >= 15 is 0 Å². The zero-order chi connectivity index (χ0) is 17.9. The molecule has 6 nitrogen and oxygen atoms in total. The molecule has 0 saturated heterocycles. The molecule has 2 amide bonds. The number of nitrogens with zero attached hydrogens (tertiary/aromatic N) is 1. The van der Waals surface area contributed by atoms with Gasteiger partial charge in [0, 0.05) is 0 Å². The van der Waals surface area contributed by atoms with Crippen LogP contribution in [0, 0.1) is 12.8 Å². The summed E-state index contributed by atoms with van der Waals surface area (Å²) in [6.07, 6.45) is 0.522. The second kappa shape index (κ2) is 7.17. The van der Waals surface area contributed by atoms with Gasteiger partial charge in [-0.15, -0.1) is 11.3 Å². The molecule has 2 rings (SSSR count). The maximum absolute atomic E-state index is 12.4. The first kappa shape index (κ1) is 18.2. The summed E-state index contributed by atoms with van der Waals surface area (Å²) in [5, 5.41) is 4.69. The number of hydrogen-bond acceptors (Lipinski definition) is 5. The van der Waals surface area contributed by atoms with Gasteiger partial charge < -0.3 is 15.5 Å². The quantitative estimate of drug-likeness (QED) is 0.803. The third kappa shape index (κ3) is 4.23. The Bertz CT molecular complexity index is 722. The van der Waals surface area contributed by atoms with Crippen molar-refractivity contribution in [2.45, 2.75) is 46.1 Å². The molecule has 2 aromatic rings. The number of amides is 2. The lowest BCUT2D eigenvalue weighted by molar-refractivity contribution is -0.131. The Kier molecular flexibility index (Phi) is 5.43. The summed E-state index contributed by atoms with van der Waals surface area (Å²) >= 11 is 1.52. The van der Waals surface area contributed by atoms with Crippen LogP contribution in [0.3, 0.4) is 0 Å². The van der Waals surface area contributed by atoms with Crippen LogP contribution in [0.4, 0.5) is 0 Å². The molecule has 0 bridgehead atoms. The Morgan fingerprint density at radius 2 is 2.17 bits per heavy atom. The molecule has 7 heteroatoms. The first-order valence-corrected chi connectivity index (χ1v) is 8.70. The maximum atomic E-state index is 12.4. The van der Waals surface area contributed by atoms with E-state index < -0.39 is 11.4 Å². The fourth-order valence-electron chi connectivity index (χ4n) is 2.63. The highest BCUT2D eigenvalue weighted by Crippen LogP contribution is 2.26. The van der Waals surface area contributed by atoms with Gasteiger partial charge in [0.2, 0.25) is 17.7 Å². The number of oxazole rings is 1. The summed E-state index contributed by atoms with van der Waals surface area (Å²) in [7, 11) is 0. The van der Waals surface area contributed by atoms with Gasteiger partial charge in [0.05, 0.1) is 17.0 Å². The van der Waals surface area contributed by atoms with E-state index in [4.69, 9.17) is 10.2 Å². The zero-order valence-corrected chi connectivity index (χ0v) is 15.2. The molecule has 2 heterocycles. The molecule has 0 saturated carbocycles. The van der Waals surface area contributed by atoms with Crippen molar-refractivity contribution in [2.24, 2.45) is 11.7 Å². The van der Waals surface area contributed by atoms with Gasteiger partial charge in [0.25, 0.3) is 0 Å². The van der Waals surface area contributed by atoms with Crippen molar-refractivity contribution in [1.29, 1.82) is 0 Å². The minimum Gasteiger partial charge on any atom is -0.440 e. The van der Waals surface area contributed by atoms with Crippen molar-refractivity contribution in [3.8, 4) is 10.8 Å². The molecular formula is C17H23N3O3S. The lowest BCUT2D eigenvalue weighted by Gasteiger charge is -2.29. The summed E-state index contributed by atoms with van der Waals surface area (Å²) in [5.41, 5.74) is 4.97. The van der Waals surface area contributed by atoms with Gasteiger partial charge in [-0.05, 0) is 37.6 Å². The Balaban J connectivity index is 2.10. The van der Waals surface area contributed by atoms with E-state index in [-0.39, 0.29) is 18.2 Å². The van der Waals surface area contributed by atoms with Crippen LogP contribution in [0.1, 0.15) is 38.6 Å². The van der Waals surface area contributed by atoms with Gasteiger partial charge >= 0.3 is 0 Å². The third-order valence-corrected chi connectivity index (χ3v) is 4.59. The van der Waals surface area contributed by atoms with Crippen molar-refractivity contribution >= 4 is 23.2 Å². The summed E-state index contributed by atoms with van der Waals surface area (Å²) in [6.45, 7) is 7.37. The molecule has 24 heavy (non-hydrogen) atoms. The van der Waals surface area contributed by atoms with Crippen LogP contribution in [0.5, 0.6) is 0 Å². The highest BCUT2D eigenvalue weighted by Gasteiger charge is 2.33. The Morgan fingerprint density at radius 3 is 2.71 bits per heavy atom. The first-order chi connectivity index (χ1) is 11.2. The largest absolute Gasteiger partial charge is 0.440 e. The molecule has 0 radical (unpaired) electrons. The second-order valence-corrected chi connectivity index (χ2v) is 7.47. The fourth-order valence-corrected chi connectivity index (χ4v) is 3.28. The molecule has 0 unspecified atom stereocenters. The predicted molar refractivity (Wildman–Crippen MR) is 93.5 cm³/mol. The van der Waals surface area contributed by atoms with Crippen LogP contribution < -0.4 is 11.1 Å². The van der Waals surface area contributed by atoms with Crippen LogP contribution in [0.25, 0.3) is 10.8 Å². The number of aryl methyl sites for hydroxylation is 1. The lowest BCUT2D eigenvalue weighted by Crippen LogP contribution is -2.56. The van der Waals surface area contributed by atoms with E-state index in [0.29, 0.717) is 23.8 Å². The third-order valence-electron chi connectivity index (χ3n) is 3.73. The standard InChI is InChI=1S/C17H23N3O3S/c1-10(2)9-17(4,16(18)22)20-14(21)8-12-11(3)23-15(19-12)13-6-5-7-24-13/h5-7,10H,8-9H2,1-4H3,(H2,18,22)(H,20,21)/t17-/m0/s1. The topological polar surface area (TPSA) is 98.2 Å². The van der Waals surface area contributed by atoms with Gasteiger partial charge in [-0.25, -0.2) is 4.98 Å². The van der Waals surface area contributed by atoms with Crippen LogP contribution in [-0.4, -0.2) is 22.3 Å². The Morgan fingerprint density at radius 1 is 1.46 bits per heavy atom. The van der Waals surface area contributed by atoms with Gasteiger partial charge in [-0.1, -0.05) is 19.9 Å². The smallest absolute Gasteiger partial charge is 0.242 e. The molecule has 130 valence electrons. The SMILES string of the molecule is Cc1oc(-c2cccs2)nc1CC(=O)N[C@@](C)(CC(C)C)C(N)=O. The van der Waals surface area contributed by atoms with Crippen molar-refractivity contribution in [1.82, 2.24) is 10.3 Å². The number of rotatable bonds is 7. The van der Waals surface area contributed by atoms with Gasteiger partial charge in [0.1, 0.15) is 11.3 Å². The molecule has 0 aliphatic carbocycles. The summed E-state index contributed by atoms with van der Waals surface area (Å²) in [5.74, 6) is 0.483. The average molecular weight is 349 g/mol. The van der Waals surface area contributed by atoms with Crippen molar-refractivity contribution in [3.05, 3.63) is 29.0 Å². The minimum absolute atomic E-state index is 0.0433. The molecule has 0 aliphatic rings. The number of carbonyl (C=O) groups excluding carboxylic acids is 2. The number of aromatic nitrogens is 1. The van der Waals surface area contributed by atoms with Crippen LogP contribution >= 0.6 is 11.3 Å². The summed E-state index contributed by atoms with van der Waals surface area (Å²) in [4.78, 5) is 29.4. The highest BCUT2D eigenvalue weighted by atomic mass is 32.1. The minimum atomic E-state index is -1.07. The Hall–Kier alpha value is -2.15. The highest BCUT2D eigenvalue weighted by molar-refractivity contribution is 7.13.